The van der Waals surface area contributed by atoms with Gasteiger partial charge in [-0.3, -0.25) is 9.59 Å². The van der Waals surface area contributed by atoms with Crippen molar-refractivity contribution in [2.45, 2.75) is 32.2 Å². The van der Waals surface area contributed by atoms with E-state index in [0.29, 0.717) is 44.3 Å². The lowest BCUT2D eigenvalue weighted by Gasteiger charge is -2.30. The van der Waals surface area contributed by atoms with E-state index in [1.807, 2.05) is 17.9 Å². The molecule has 7 heteroatoms. The summed E-state index contributed by atoms with van der Waals surface area (Å²) in [6.07, 6.45) is 2.46. The summed E-state index contributed by atoms with van der Waals surface area (Å²) in [5.41, 5.74) is 2.14. The van der Waals surface area contributed by atoms with Crippen LogP contribution in [-0.4, -0.2) is 59.8 Å². The van der Waals surface area contributed by atoms with Crippen LogP contribution in [0.25, 0.3) is 0 Å². The van der Waals surface area contributed by atoms with E-state index in [2.05, 4.69) is 4.99 Å². The van der Waals surface area contributed by atoms with E-state index < -0.39 is 0 Å². The van der Waals surface area contributed by atoms with E-state index in [9.17, 15) is 14.7 Å². The lowest BCUT2D eigenvalue weighted by molar-refractivity contribution is -0.117. The number of hydrogen-bond acceptors (Lipinski definition) is 6. The van der Waals surface area contributed by atoms with Gasteiger partial charge in [-0.05, 0) is 25.5 Å². The maximum absolute atomic E-state index is 13.0. The summed E-state index contributed by atoms with van der Waals surface area (Å²) in [6.45, 7) is 4.57. The van der Waals surface area contributed by atoms with Crippen molar-refractivity contribution in [3.63, 3.8) is 0 Å². The quantitative estimate of drug-likeness (QED) is 0.876. The minimum Gasteiger partial charge on any atom is -0.508 e. The molecule has 0 saturated carbocycles. The van der Waals surface area contributed by atoms with Crippen molar-refractivity contribution in [2.24, 2.45) is 4.99 Å². The first kappa shape index (κ1) is 17.7. The zero-order valence-electron chi connectivity index (χ0n) is 15.4. The monoisotopic (exact) mass is 369 g/mol. The summed E-state index contributed by atoms with van der Waals surface area (Å²) in [4.78, 5) is 33.5. The van der Waals surface area contributed by atoms with Crippen LogP contribution in [0, 0.1) is 0 Å². The number of benzene rings is 1. The fraction of sp³-hybridized carbons (Fsp3) is 0.450. The first-order valence-corrected chi connectivity index (χ1v) is 9.29. The van der Waals surface area contributed by atoms with Gasteiger partial charge >= 0.3 is 0 Å². The first-order chi connectivity index (χ1) is 13.0. The maximum atomic E-state index is 13.0. The second-order valence-electron chi connectivity index (χ2n) is 7.19. The van der Waals surface area contributed by atoms with Crippen molar-refractivity contribution in [1.29, 1.82) is 0 Å². The molecule has 0 aliphatic carbocycles. The largest absolute Gasteiger partial charge is 0.508 e. The maximum Gasteiger partial charge on any atom is 0.232 e. The van der Waals surface area contributed by atoms with Gasteiger partial charge in [0.2, 0.25) is 5.91 Å². The third kappa shape index (κ3) is 3.47. The van der Waals surface area contributed by atoms with Gasteiger partial charge in [0.05, 0.1) is 25.3 Å². The highest BCUT2D eigenvalue weighted by atomic mass is 16.5. The van der Waals surface area contributed by atoms with E-state index in [1.54, 1.807) is 23.1 Å². The number of hydrogen-bond donors (Lipinski definition) is 1. The fourth-order valence-corrected chi connectivity index (χ4v) is 3.95. The zero-order chi connectivity index (χ0) is 19.0. The molecule has 1 atom stereocenters. The van der Waals surface area contributed by atoms with Crippen LogP contribution in [-0.2, 0) is 20.7 Å². The Balaban J connectivity index is 1.53. The minimum absolute atomic E-state index is 0.0261. The molecule has 0 radical (unpaired) electrons. The average Bonchev–Trinajstić information content (AvgIpc) is 2.99. The predicted molar refractivity (Wildman–Crippen MR) is 101 cm³/mol. The summed E-state index contributed by atoms with van der Waals surface area (Å²) >= 11 is 0. The van der Waals surface area contributed by atoms with Crippen molar-refractivity contribution in [3.05, 3.63) is 35.7 Å². The number of anilines is 1. The highest BCUT2D eigenvalue weighted by molar-refractivity contribution is 6.16. The summed E-state index contributed by atoms with van der Waals surface area (Å²) in [7, 11) is 0. The van der Waals surface area contributed by atoms with Crippen molar-refractivity contribution in [1.82, 2.24) is 4.90 Å². The van der Waals surface area contributed by atoms with E-state index >= 15 is 0 Å². The molecule has 3 aliphatic rings. The van der Waals surface area contributed by atoms with E-state index in [1.165, 1.54) is 0 Å². The molecule has 0 spiro atoms. The number of ketones is 1. The molecular formula is C20H23N3O4. The third-order valence-corrected chi connectivity index (χ3v) is 5.23. The normalized spacial score (nSPS) is 22.4. The Labute approximate surface area is 157 Å². The molecule has 1 N–H and O–H groups in total. The Kier molecular flexibility index (Phi) is 4.70. The molecule has 1 aromatic carbocycles. The molecule has 0 aromatic heterocycles. The Morgan fingerprint density at radius 3 is 2.89 bits per heavy atom. The molecule has 1 fully saturated rings. The summed E-state index contributed by atoms with van der Waals surface area (Å²) < 4.78 is 5.35. The number of ether oxygens (including phenoxy) is 1. The molecule has 1 aromatic rings. The number of phenols is 1. The Hall–Kier alpha value is -2.67. The second kappa shape index (κ2) is 7.15. The van der Waals surface area contributed by atoms with Gasteiger partial charge < -0.3 is 19.6 Å². The lowest BCUT2D eigenvalue weighted by Crippen LogP contribution is -2.38. The van der Waals surface area contributed by atoms with E-state index in [0.717, 1.165) is 11.3 Å². The number of phenolic OH excluding ortho intramolecular Hbond substituents is 1. The van der Waals surface area contributed by atoms with Crippen LogP contribution in [0.15, 0.2) is 35.1 Å². The summed E-state index contributed by atoms with van der Waals surface area (Å²) in [5, 5.41) is 10.1. The fourth-order valence-electron chi connectivity index (χ4n) is 3.95. The number of aliphatic imine (C=N–C) groups is 1. The number of amides is 1. The number of fused-ring (bicyclic) bond motifs is 1. The average molecular weight is 369 g/mol. The van der Waals surface area contributed by atoms with Crippen LogP contribution in [0.5, 0.6) is 5.75 Å². The van der Waals surface area contributed by atoms with Gasteiger partial charge in [0.1, 0.15) is 11.6 Å². The van der Waals surface area contributed by atoms with Crippen LogP contribution < -0.4 is 4.90 Å². The molecule has 27 heavy (non-hydrogen) atoms. The molecule has 1 saturated heterocycles. The minimum atomic E-state index is -0.0957. The van der Waals surface area contributed by atoms with Gasteiger partial charge in [0.15, 0.2) is 5.78 Å². The Bertz CT molecular complexity index is 840. The number of nitrogens with zero attached hydrogens (tertiary/aromatic N) is 3. The van der Waals surface area contributed by atoms with Gasteiger partial charge in [-0.25, -0.2) is 4.99 Å². The number of carbonyl (C=O) groups excluding carboxylic acids is 2. The van der Waals surface area contributed by atoms with Gasteiger partial charge in [0, 0.05) is 42.9 Å². The second-order valence-corrected chi connectivity index (χ2v) is 7.19. The smallest absolute Gasteiger partial charge is 0.232 e. The van der Waals surface area contributed by atoms with Gasteiger partial charge in [-0.15, -0.1) is 0 Å². The van der Waals surface area contributed by atoms with Crippen molar-refractivity contribution in [2.75, 3.05) is 31.2 Å². The summed E-state index contributed by atoms with van der Waals surface area (Å²) in [6, 6.07) is 5.20. The van der Waals surface area contributed by atoms with Crippen LogP contribution in [0.3, 0.4) is 0 Å². The third-order valence-electron chi connectivity index (χ3n) is 5.23. The number of morpholine rings is 1. The molecular weight excluding hydrogens is 346 g/mol. The van der Waals surface area contributed by atoms with Crippen molar-refractivity contribution < 1.29 is 19.4 Å². The molecule has 0 bridgehead atoms. The molecule has 0 unspecified atom stereocenters. The highest BCUT2D eigenvalue weighted by Crippen LogP contribution is 2.38. The Morgan fingerprint density at radius 1 is 1.33 bits per heavy atom. The SMILES string of the molecule is C[C@H]1Cc2c(O)cccc2N1C(=O)CC1=NC(N2CCOCC2)=CC(=O)C1. The highest BCUT2D eigenvalue weighted by Gasteiger charge is 2.33. The molecule has 142 valence electrons. The van der Waals surface area contributed by atoms with Crippen LogP contribution in [0.1, 0.15) is 25.3 Å². The first-order valence-electron chi connectivity index (χ1n) is 9.29. The lowest BCUT2D eigenvalue weighted by atomic mass is 10.1. The van der Waals surface area contributed by atoms with Crippen LogP contribution in [0.4, 0.5) is 5.69 Å². The predicted octanol–water partition coefficient (Wildman–Crippen LogP) is 1.65. The van der Waals surface area contributed by atoms with E-state index in [-0.39, 0.29) is 36.3 Å². The van der Waals surface area contributed by atoms with Gasteiger partial charge in [0.25, 0.3) is 0 Å². The number of allylic oxidation sites excluding steroid dienone is 1. The van der Waals surface area contributed by atoms with E-state index in [4.69, 9.17) is 4.74 Å². The zero-order valence-corrected chi connectivity index (χ0v) is 15.4. The molecule has 4 rings (SSSR count). The van der Waals surface area contributed by atoms with Crippen molar-refractivity contribution in [3.8, 4) is 5.75 Å². The molecule has 3 heterocycles. The van der Waals surface area contributed by atoms with Crippen LogP contribution in [0.2, 0.25) is 0 Å². The van der Waals surface area contributed by atoms with Crippen molar-refractivity contribution >= 4 is 23.1 Å². The van der Waals surface area contributed by atoms with Gasteiger partial charge in [-0.1, -0.05) is 6.07 Å². The standard InChI is InChI=1S/C20H23N3O4/c1-13-9-16-17(3-2-4-18(16)25)23(13)20(26)11-14-10-15(24)12-19(21-14)22-5-7-27-8-6-22/h2-4,12-13,25H,5-11H2,1H3/t13-/m0/s1. The Morgan fingerprint density at radius 2 is 2.11 bits per heavy atom. The number of carbonyl (C=O) groups is 2. The number of aromatic hydroxyl groups is 1. The molecule has 7 nitrogen and oxygen atoms in total. The number of rotatable bonds is 3. The molecule has 3 aliphatic heterocycles. The van der Waals surface area contributed by atoms with Crippen LogP contribution >= 0.6 is 0 Å². The van der Waals surface area contributed by atoms with Gasteiger partial charge in [-0.2, -0.15) is 0 Å². The molecule has 1 amide bonds. The topological polar surface area (TPSA) is 82.4 Å². The summed E-state index contributed by atoms with van der Waals surface area (Å²) in [5.74, 6) is 0.727.